The smallest absolute Gasteiger partial charge is 0.266 e. The number of nitrogens with zero attached hydrogens (tertiary/aromatic N) is 1. The van der Waals surface area contributed by atoms with Crippen LogP contribution in [0.3, 0.4) is 0 Å². The van der Waals surface area contributed by atoms with E-state index < -0.39 is 0 Å². The number of nitrogens with one attached hydrogen (secondary N) is 1. The Morgan fingerprint density at radius 2 is 2.06 bits per heavy atom. The maximum absolute atomic E-state index is 11.8. The minimum absolute atomic E-state index is 0.137. The van der Waals surface area contributed by atoms with Gasteiger partial charge in [0.15, 0.2) is 0 Å². The summed E-state index contributed by atoms with van der Waals surface area (Å²) >= 11 is 1.42. The third kappa shape index (κ3) is 2.07. The zero-order valence-electron chi connectivity index (χ0n) is 9.72. The number of benzene rings is 1. The molecule has 90 valence electrons. The molecule has 0 saturated heterocycles. The van der Waals surface area contributed by atoms with E-state index in [0.29, 0.717) is 4.88 Å². The molecule has 0 spiro atoms. The molecule has 1 heterocycles. The van der Waals surface area contributed by atoms with Gasteiger partial charge in [0.25, 0.3) is 5.91 Å². The van der Waals surface area contributed by atoms with Gasteiger partial charge in [-0.1, -0.05) is 30.3 Å². The molecule has 0 bridgehead atoms. The number of hydrogen-bond acceptors (Lipinski definition) is 3. The SMILES string of the molecule is O=C(NN=C1CCc2ccccc21)c1cccs1. The predicted octanol–water partition coefficient (Wildman–Crippen LogP) is 2.83. The van der Waals surface area contributed by atoms with Crippen molar-refractivity contribution >= 4 is 23.0 Å². The normalized spacial score (nSPS) is 15.7. The number of rotatable bonds is 2. The summed E-state index contributed by atoms with van der Waals surface area (Å²) in [6, 6.07) is 11.9. The predicted molar refractivity (Wildman–Crippen MR) is 73.1 cm³/mol. The molecule has 4 heteroatoms. The molecule has 1 amide bonds. The number of amides is 1. The Balaban J connectivity index is 1.77. The van der Waals surface area contributed by atoms with Crippen LogP contribution in [0.25, 0.3) is 0 Å². The molecule has 3 nitrogen and oxygen atoms in total. The highest BCUT2D eigenvalue weighted by Gasteiger charge is 2.17. The van der Waals surface area contributed by atoms with Crippen LogP contribution in [0.5, 0.6) is 0 Å². The zero-order chi connectivity index (χ0) is 12.4. The third-order valence-electron chi connectivity index (χ3n) is 3.00. The van der Waals surface area contributed by atoms with Crippen molar-refractivity contribution in [2.45, 2.75) is 12.8 Å². The van der Waals surface area contributed by atoms with Crippen LogP contribution in [0.1, 0.15) is 27.2 Å². The second-order valence-corrected chi connectivity index (χ2v) is 5.08. The van der Waals surface area contributed by atoms with Crippen molar-refractivity contribution < 1.29 is 4.79 Å². The molecule has 3 rings (SSSR count). The standard InChI is InChI=1S/C14H12N2OS/c17-14(13-6-3-9-18-13)16-15-12-8-7-10-4-1-2-5-11(10)12/h1-6,9H,7-8H2,(H,16,17). The van der Waals surface area contributed by atoms with Crippen LogP contribution in [0.15, 0.2) is 46.9 Å². The van der Waals surface area contributed by atoms with Crippen molar-refractivity contribution in [3.63, 3.8) is 0 Å². The quantitative estimate of drug-likeness (QED) is 0.825. The molecule has 1 aliphatic rings. The van der Waals surface area contributed by atoms with E-state index in [1.165, 1.54) is 16.9 Å². The van der Waals surface area contributed by atoms with Gasteiger partial charge in [-0.25, -0.2) is 5.43 Å². The summed E-state index contributed by atoms with van der Waals surface area (Å²) in [7, 11) is 0. The Hall–Kier alpha value is -1.94. The lowest BCUT2D eigenvalue weighted by atomic mass is 10.1. The van der Waals surface area contributed by atoms with Crippen LogP contribution in [-0.4, -0.2) is 11.6 Å². The first kappa shape index (κ1) is 11.2. The van der Waals surface area contributed by atoms with Gasteiger partial charge in [-0.05, 0) is 29.9 Å². The summed E-state index contributed by atoms with van der Waals surface area (Å²) in [4.78, 5) is 12.5. The number of fused-ring (bicyclic) bond motifs is 1. The van der Waals surface area contributed by atoms with Crippen LogP contribution in [0.2, 0.25) is 0 Å². The fraction of sp³-hybridized carbons (Fsp3) is 0.143. The molecule has 0 unspecified atom stereocenters. The molecular weight excluding hydrogens is 244 g/mol. The Bertz CT molecular complexity index is 602. The van der Waals surface area contributed by atoms with Crippen molar-refractivity contribution in [1.29, 1.82) is 0 Å². The number of carbonyl (C=O) groups excluding carboxylic acids is 1. The van der Waals surface area contributed by atoms with Gasteiger partial charge in [-0.3, -0.25) is 4.79 Å². The first-order valence-corrected chi connectivity index (χ1v) is 6.71. The van der Waals surface area contributed by atoms with Crippen LogP contribution in [-0.2, 0) is 6.42 Å². The van der Waals surface area contributed by atoms with Gasteiger partial charge >= 0.3 is 0 Å². The van der Waals surface area contributed by atoms with E-state index in [4.69, 9.17) is 0 Å². The zero-order valence-corrected chi connectivity index (χ0v) is 10.5. The van der Waals surface area contributed by atoms with E-state index in [-0.39, 0.29) is 5.91 Å². The van der Waals surface area contributed by atoms with E-state index in [1.54, 1.807) is 6.07 Å². The lowest BCUT2D eigenvalue weighted by Crippen LogP contribution is -2.18. The third-order valence-corrected chi connectivity index (χ3v) is 3.87. The molecule has 1 aliphatic carbocycles. The lowest BCUT2D eigenvalue weighted by Gasteiger charge is -2.00. The topological polar surface area (TPSA) is 41.5 Å². The minimum atomic E-state index is -0.137. The first-order chi connectivity index (χ1) is 8.84. The highest BCUT2D eigenvalue weighted by atomic mass is 32.1. The molecule has 0 aliphatic heterocycles. The Morgan fingerprint density at radius 3 is 2.89 bits per heavy atom. The first-order valence-electron chi connectivity index (χ1n) is 5.83. The molecule has 18 heavy (non-hydrogen) atoms. The average Bonchev–Trinajstić information content (AvgIpc) is 3.06. The maximum atomic E-state index is 11.8. The van der Waals surface area contributed by atoms with Crippen LogP contribution in [0.4, 0.5) is 0 Å². The molecule has 1 N–H and O–H groups in total. The Labute approximate surface area is 109 Å². The molecule has 1 aromatic carbocycles. The molecular formula is C14H12N2OS. The second-order valence-electron chi connectivity index (χ2n) is 4.13. The summed E-state index contributed by atoms with van der Waals surface area (Å²) < 4.78 is 0. The number of aryl methyl sites for hydroxylation is 1. The molecule has 1 aromatic heterocycles. The minimum Gasteiger partial charge on any atom is -0.266 e. The highest BCUT2D eigenvalue weighted by molar-refractivity contribution is 7.12. The van der Waals surface area contributed by atoms with Crippen LogP contribution in [0, 0.1) is 0 Å². The molecule has 0 fully saturated rings. The van der Waals surface area contributed by atoms with E-state index >= 15 is 0 Å². The largest absolute Gasteiger partial charge is 0.281 e. The van der Waals surface area contributed by atoms with Gasteiger partial charge in [0.1, 0.15) is 0 Å². The number of carbonyl (C=O) groups is 1. The van der Waals surface area contributed by atoms with E-state index in [9.17, 15) is 4.79 Å². The lowest BCUT2D eigenvalue weighted by molar-refractivity contribution is 0.0959. The Kier molecular flexibility index (Phi) is 2.94. The van der Waals surface area contributed by atoms with Gasteiger partial charge in [0.05, 0.1) is 10.6 Å². The Morgan fingerprint density at radius 1 is 1.17 bits per heavy atom. The highest BCUT2D eigenvalue weighted by Crippen LogP contribution is 2.21. The van der Waals surface area contributed by atoms with Crippen LogP contribution >= 0.6 is 11.3 Å². The van der Waals surface area contributed by atoms with Crippen molar-refractivity contribution in [3.8, 4) is 0 Å². The second kappa shape index (κ2) is 4.74. The van der Waals surface area contributed by atoms with Crippen LogP contribution < -0.4 is 5.43 Å². The van der Waals surface area contributed by atoms with Gasteiger partial charge < -0.3 is 0 Å². The number of thiophene rings is 1. The summed E-state index contributed by atoms with van der Waals surface area (Å²) in [6.45, 7) is 0. The number of hydrogen-bond donors (Lipinski definition) is 1. The van der Waals surface area contributed by atoms with Crippen molar-refractivity contribution in [2.75, 3.05) is 0 Å². The molecule has 2 aromatic rings. The average molecular weight is 256 g/mol. The van der Waals surface area contributed by atoms with Gasteiger partial charge in [-0.15, -0.1) is 11.3 Å². The van der Waals surface area contributed by atoms with Gasteiger partial charge in [-0.2, -0.15) is 5.10 Å². The fourth-order valence-electron chi connectivity index (χ4n) is 2.10. The van der Waals surface area contributed by atoms with E-state index in [1.807, 2.05) is 23.6 Å². The summed E-state index contributed by atoms with van der Waals surface area (Å²) in [5.41, 5.74) is 6.06. The maximum Gasteiger partial charge on any atom is 0.281 e. The summed E-state index contributed by atoms with van der Waals surface area (Å²) in [5, 5.41) is 6.13. The van der Waals surface area contributed by atoms with E-state index in [2.05, 4.69) is 22.7 Å². The van der Waals surface area contributed by atoms with Crippen molar-refractivity contribution in [1.82, 2.24) is 5.43 Å². The molecule has 0 radical (unpaired) electrons. The van der Waals surface area contributed by atoms with E-state index in [0.717, 1.165) is 24.1 Å². The molecule has 0 atom stereocenters. The number of hydrazone groups is 1. The van der Waals surface area contributed by atoms with Gasteiger partial charge in [0.2, 0.25) is 0 Å². The molecule has 0 saturated carbocycles. The fourth-order valence-corrected chi connectivity index (χ4v) is 2.72. The summed E-state index contributed by atoms with van der Waals surface area (Å²) in [6.07, 6.45) is 1.90. The van der Waals surface area contributed by atoms with Crippen molar-refractivity contribution in [3.05, 3.63) is 57.8 Å². The monoisotopic (exact) mass is 256 g/mol. The van der Waals surface area contributed by atoms with Gasteiger partial charge in [0, 0.05) is 5.56 Å². The van der Waals surface area contributed by atoms with Crippen molar-refractivity contribution in [2.24, 2.45) is 5.10 Å². The summed E-state index contributed by atoms with van der Waals surface area (Å²) in [5.74, 6) is -0.137.